The number of piperazine rings is 1. The summed E-state index contributed by atoms with van der Waals surface area (Å²) in [4.78, 5) is 16.1. The van der Waals surface area contributed by atoms with Crippen LogP contribution in [0.3, 0.4) is 0 Å². The van der Waals surface area contributed by atoms with Crippen molar-refractivity contribution < 1.29 is 9.18 Å². The molecule has 1 amide bonds. The van der Waals surface area contributed by atoms with Gasteiger partial charge in [-0.3, -0.25) is 14.6 Å². The summed E-state index contributed by atoms with van der Waals surface area (Å²) >= 11 is 0. The van der Waals surface area contributed by atoms with Gasteiger partial charge in [0.15, 0.2) is 0 Å². The zero-order valence-electron chi connectivity index (χ0n) is 13.1. The lowest BCUT2D eigenvalue weighted by molar-refractivity contribution is -0.122. The van der Waals surface area contributed by atoms with Crippen molar-refractivity contribution in [3.8, 4) is 6.07 Å². The Morgan fingerprint density at radius 1 is 1.26 bits per heavy atom. The van der Waals surface area contributed by atoms with E-state index in [1.165, 1.54) is 12.1 Å². The summed E-state index contributed by atoms with van der Waals surface area (Å²) in [7, 11) is 0. The summed E-state index contributed by atoms with van der Waals surface area (Å²) in [5.74, 6) is -0.163. The molecule has 0 spiro atoms. The average molecular weight is 316 g/mol. The van der Waals surface area contributed by atoms with E-state index in [2.05, 4.69) is 15.1 Å². The van der Waals surface area contributed by atoms with Gasteiger partial charge in [0.25, 0.3) is 0 Å². The molecule has 2 fully saturated rings. The highest BCUT2D eigenvalue weighted by Gasteiger charge is 2.25. The molecule has 1 heterocycles. The summed E-state index contributed by atoms with van der Waals surface area (Å²) < 4.78 is 13.8. The first kappa shape index (κ1) is 15.9. The minimum absolute atomic E-state index is 0.105. The van der Waals surface area contributed by atoms with E-state index in [0.717, 1.165) is 39.0 Å². The maximum Gasteiger partial charge on any atom is 0.234 e. The molecule has 0 aromatic heterocycles. The molecule has 0 radical (unpaired) electrons. The Balaban J connectivity index is 1.47. The molecule has 1 saturated heterocycles. The topological polar surface area (TPSA) is 59.4 Å². The zero-order valence-corrected chi connectivity index (χ0v) is 13.1. The van der Waals surface area contributed by atoms with Gasteiger partial charge in [0.2, 0.25) is 5.91 Å². The Morgan fingerprint density at radius 2 is 1.96 bits per heavy atom. The highest BCUT2D eigenvalue weighted by Crippen LogP contribution is 2.18. The van der Waals surface area contributed by atoms with Gasteiger partial charge in [-0.2, -0.15) is 5.26 Å². The van der Waals surface area contributed by atoms with Crippen LogP contribution in [-0.2, 0) is 11.3 Å². The average Bonchev–Trinajstić information content (AvgIpc) is 3.35. The van der Waals surface area contributed by atoms with Gasteiger partial charge in [0.05, 0.1) is 18.2 Å². The van der Waals surface area contributed by atoms with Crippen molar-refractivity contribution in [3.63, 3.8) is 0 Å². The molecule has 1 aromatic rings. The number of benzene rings is 1. The number of halogens is 1. The molecule has 1 N–H and O–H groups in total. The minimum Gasteiger partial charge on any atom is -0.352 e. The predicted octanol–water partition coefficient (Wildman–Crippen LogP) is 1.09. The molecule has 1 saturated carbocycles. The normalized spacial score (nSPS) is 19.3. The number of hydrogen-bond donors (Lipinski definition) is 1. The predicted molar refractivity (Wildman–Crippen MR) is 84.0 cm³/mol. The van der Waals surface area contributed by atoms with Gasteiger partial charge in [0.1, 0.15) is 5.82 Å². The van der Waals surface area contributed by atoms with E-state index in [-0.39, 0.29) is 11.7 Å². The molecule has 1 aromatic carbocycles. The standard InChI is InChI=1S/C17H21FN4O/c18-16-4-1-13(10-19)9-14(16)11-21-5-7-22(8-6-21)12-17(23)20-15-2-3-15/h1,4,9,15H,2-3,5-8,11-12H2,(H,20,23). The van der Waals surface area contributed by atoms with Gasteiger partial charge in [-0.1, -0.05) is 0 Å². The number of hydrogen-bond acceptors (Lipinski definition) is 4. The van der Waals surface area contributed by atoms with Gasteiger partial charge >= 0.3 is 0 Å². The van der Waals surface area contributed by atoms with E-state index in [9.17, 15) is 9.18 Å². The largest absolute Gasteiger partial charge is 0.352 e. The third-order valence-electron chi connectivity index (χ3n) is 4.34. The third kappa shape index (κ3) is 4.50. The fraction of sp³-hybridized carbons (Fsp3) is 0.529. The maximum absolute atomic E-state index is 13.8. The molecule has 23 heavy (non-hydrogen) atoms. The molecule has 6 heteroatoms. The Bertz CT molecular complexity index is 616. The second-order valence-electron chi connectivity index (χ2n) is 6.31. The summed E-state index contributed by atoms with van der Waals surface area (Å²) in [6.45, 7) is 4.15. The van der Waals surface area contributed by atoms with Crippen LogP contribution in [0.2, 0.25) is 0 Å². The summed E-state index contributed by atoms with van der Waals surface area (Å²) in [5, 5.41) is 11.9. The molecule has 3 rings (SSSR count). The van der Waals surface area contributed by atoms with E-state index in [4.69, 9.17) is 5.26 Å². The van der Waals surface area contributed by atoms with Gasteiger partial charge in [-0.15, -0.1) is 0 Å². The Morgan fingerprint density at radius 3 is 2.61 bits per heavy atom. The third-order valence-corrected chi connectivity index (χ3v) is 4.34. The summed E-state index contributed by atoms with van der Waals surface area (Å²) in [5.41, 5.74) is 1.04. The number of amides is 1. The highest BCUT2D eigenvalue weighted by molar-refractivity contribution is 5.78. The molecule has 122 valence electrons. The molecule has 5 nitrogen and oxygen atoms in total. The molecule has 2 aliphatic rings. The van der Waals surface area contributed by atoms with Gasteiger partial charge < -0.3 is 5.32 Å². The van der Waals surface area contributed by atoms with Crippen LogP contribution in [0.4, 0.5) is 4.39 Å². The zero-order chi connectivity index (χ0) is 16.2. The monoisotopic (exact) mass is 316 g/mol. The van der Waals surface area contributed by atoms with Crippen LogP contribution in [0.25, 0.3) is 0 Å². The van der Waals surface area contributed by atoms with Crippen LogP contribution >= 0.6 is 0 Å². The van der Waals surface area contributed by atoms with Crippen molar-refractivity contribution >= 4 is 5.91 Å². The molecular weight excluding hydrogens is 295 g/mol. The Labute approximate surface area is 135 Å². The summed E-state index contributed by atoms with van der Waals surface area (Å²) in [6.07, 6.45) is 2.21. The summed E-state index contributed by atoms with van der Waals surface area (Å²) in [6, 6.07) is 6.91. The number of nitrogens with one attached hydrogen (secondary N) is 1. The molecule has 0 unspecified atom stereocenters. The second-order valence-corrected chi connectivity index (χ2v) is 6.31. The van der Waals surface area contributed by atoms with Crippen molar-refractivity contribution in [2.24, 2.45) is 0 Å². The first-order chi connectivity index (χ1) is 11.1. The first-order valence-corrected chi connectivity index (χ1v) is 8.06. The van der Waals surface area contributed by atoms with Gasteiger partial charge in [-0.25, -0.2) is 4.39 Å². The fourth-order valence-corrected chi connectivity index (χ4v) is 2.82. The fourth-order valence-electron chi connectivity index (χ4n) is 2.82. The van der Waals surface area contributed by atoms with Crippen molar-refractivity contribution in [1.82, 2.24) is 15.1 Å². The van der Waals surface area contributed by atoms with Crippen molar-refractivity contribution in [2.75, 3.05) is 32.7 Å². The highest BCUT2D eigenvalue weighted by atomic mass is 19.1. The van der Waals surface area contributed by atoms with Crippen molar-refractivity contribution in [2.45, 2.75) is 25.4 Å². The smallest absolute Gasteiger partial charge is 0.234 e. The molecule has 0 atom stereocenters. The van der Waals surface area contributed by atoms with E-state index in [0.29, 0.717) is 30.3 Å². The first-order valence-electron chi connectivity index (χ1n) is 8.06. The Hall–Kier alpha value is -1.97. The van der Waals surface area contributed by atoms with E-state index >= 15 is 0 Å². The Kier molecular flexibility index (Phi) is 4.89. The van der Waals surface area contributed by atoms with Crippen molar-refractivity contribution in [3.05, 3.63) is 35.1 Å². The quantitative estimate of drug-likeness (QED) is 0.883. The van der Waals surface area contributed by atoms with Crippen LogP contribution in [0.15, 0.2) is 18.2 Å². The SMILES string of the molecule is N#Cc1ccc(F)c(CN2CCN(CC(=O)NC3CC3)CC2)c1. The lowest BCUT2D eigenvalue weighted by Crippen LogP contribution is -2.49. The van der Waals surface area contributed by atoms with E-state index in [1.54, 1.807) is 6.07 Å². The number of rotatable bonds is 5. The second kappa shape index (κ2) is 7.07. The van der Waals surface area contributed by atoms with Gasteiger partial charge in [0, 0.05) is 44.3 Å². The van der Waals surface area contributed by atoms with Crippen LogP contribution in [0, 0.1) is 17.1 Å². The van der Waals surface area contributed by atoms with Gasteiger partial charge in [-0.05, 0) is 31.0 Å². The van der Waals surface area contributed by atoms with Crippen LogP contribution in [0.5, 0.6) is 0 Å². The van der Waals surface area contributed by atoms with Crippen LogP contribution in [0.1, 0.15) is 24.0 Å². The number of carbonyl (C=O) groups excluding carboxylic acids is 1. The molecule has 1 aliphatic heterocycles. The maximum atomic E-state index is 13.8. The van der Waals surface area contributed by atoms with Crippen LogP contribution < -0.4 is 5.32 Å². The van der Waals surface area contributed by atoms with E-state index < -0.39 is 0 Å². The molecule has 1 aliphatic carbocycles. The van der Waals surface area contributed by atoms with E-state index in [1.807, 2.05) is 6.07 Å². The number of carbonyl (C=O) groups is 1. The lowest BCUT2D eigenvalue weighted by Gasteiger charge is -2.34. The minimum atomic E-state index is -0.268. The number of nitriles is 1. The number of nitrogens with zero attached hydrogens (tertiary/aromatic N) is 3. The van der Waals surface area contributed by atoms with Crippen LogP contribution in [-0.4, -0.2) is 54.5 Å². The molecule has 0 bridgehead atoms. The molecular formula is C17H21FN4O. The lowest BCUT2D eigenvalue weighted by atomic mass is 10.1. The van der Waals surface area contributed by atoms with Crippen molar-refractivity contribution in [1.29, 1.82) is 5.26 Å².